The van der Waals surface area contributed by atoms with Crippen molar-refractivity contribution in [3.05, 3.63) is 32.6 Å². The van der Waals surface area contributed by atoms with E-state index in [4.69, 9.17) is 0 Å². The third kappa shape index (κ3) is 4.23. The van der Waals surface area contributed by atoms with Gasteiger partial charge in [-0.15, -0.1) is 0 Å². The summed E-state index contributed by atoms with van der Waals surface area (Å²) in [5, 5.41) is 2.85. The highest BCUT2D eigenvalue weighted by Crippen LogP contribution is 2.25. The van der Waals surface area contributed by atoms with Gasteiger partial charge in [-0.05, 0) is 19.8 Å². The summed E-state index contributed by atoms with van der Waals surface area (Å²) in [4.78, 5) is 51.9. The molecule has 8 nitrogen and oxygen atoms in total. The van der Waals surface area contributed by atoms with E-state index in [9.17, 15) is 19.2 Å². The van der Waals surface area contributed by atoms with E-state index in [1.165, 1.54) is 23.6 Å². The number of H-pyrrole nitrogens is 1. The van der Waals surface area contributed by atoms with Crippen LogP contribution in [0.2, 0.25) is 0 Å². The Morgan fingerprint density at radius 1 is 1.19 bits per heavy atom. The molecule has 8 heteroatoms. The number of hydrogen-bond donors (Lipinski definition) is 2. The molecule has 0 aromatic carbocycles. The fourth-order valence-corrected chi connectivity index (χ4v) is 3.91. The quantitative estimate of drug-likeness (QED) is 0.751. The molecule has 1 aromatic heterocycles. The molecule has 2 N–H and O–H groups in total. The third-order valence-corrected chi connectivity index (χ3v) is 5.29. The Bertz CT molecular complexity index is 789. The van der Waals surface area contributed by atoms with Crippen LogP contribution in [0.25, 0.3) is 0 Å². The molecular weight excluding hydrogens is 336 g/mol. The first-order valence-corrected chi connectivity index (χ1v) is 9.33. The Balaban J connectivity index is 1.58. The van der Waals surface area contributed by atoms with E-state index in [-0.39, 0.29) is 30.4 Å². The summed E-state index contributed by atoms with van der Waals surface area (Å²) >= 11 is 0. The molecule has 1 unspecified atom stereocenters. The standard InChI is InChI=1S/C18H26N4O4/c1-12-9-21(18(26)20-17(12)25)11-15(23)19-13-8-16(24)22(10-13)14-6-4-2-3-5-7-14/h9,13-14H,2-8,10-11H2,1H3,(H,19,23)(H,20,25,26). The molecule has 0 spiro atoms. The Kier molecular flexibility index (Phi) is 5.58. The molecule has 2 aliphatic rings. The number of likely N-dealkylation sites (tertiary alicyclic amines) is 1. The van der Waals surface area contributed by atoms with Crippen LogP contribution in [0.1, 0.15) is 50.5 Å². The maximum atomic E-state index is 12.4. The molecule has 1 aliphatic carbocycles. The molecule has 142 valence electrons. The summed E-state index contributed by atoms with van der Waals surface area (Å²) in [5.41, 5.74) is -0.696. The minimum absolute atomic E-state index is 0.0965. The number of aryl methyl sites for hydroxylation is 1. The van der Waals surface area contributed by atoms with Gasteiger partial charge in [0.1, 0.15) is 6.54 Å². The van der Waals surface area contributed by atoms with Crippen molar-refractivity contribution in [2.24, 2.45) is 0 Å². The maximum absolute atomic E-state index is 12.4. The van der Waals surface area contributed by atoms with Gasteiger partial charge in [-0.25, -0.2) is 4.79 Å². The molecule has 1 aromatic rings. The van der Waals surface area contributed by atoms with Crippen molar-refractivity contribution in [2.75, 3.05) is 6.54 Å². The van der Waals surface area contributed by atoms with E-state index >= 15 is 0 Å². The fourth-order valence-electron chi connectivity index (χ4n) is 3.91. The zero-order valence-corrected chi connectivity index (χ0v) is 15.1. The number of hydrogen-bond acceptors (Lipinski definition) is 4. The van der Waals surface area contributed by atoms with Crippen LogP contribution >= 0.6 is 0 Å². The Labute approximate surface area is 151 Å². The van der Waals surface area contributed by atoms with Crippen LogP contribution in [0, 0.1) is 6.92 Å². The van der Waals surface area contributed by atoms with Gasteiger partial charge in [0.05, 0.1) is 6.04 Å². The number of nitrogens with one attached hydrogen (secondary N) is 2. The number of rotatable bonds is 4. The first-order valence-electron chi connectivity index (χ1n) is 9.33. The van der Waals surface area contributed by atoms with Gasteiger partial charge in [-0.1, -0.05) is 25.7 Å². The molecule has 1 saturated carbocycles. The maximum Gasteiger partial charge on any atom is 0.328 e. The molecule has 0 radical (unpaired) electrons. The number of carbonyl (C=O) groups is 2. The number of aromatic amines is 1. The van der Waals surface area contributed by atoms with Crippen LogP contribution in [0.3, 0.4) is 0 Å². The molecule has 2 amide bonds. The van der Waals surface area contributed by atoms with Crippen LogP contribution in [0.15, 0.2) is 15.8 Å². The monoisotopic (exact) mass is 362 g/mol. The predicted molar refractivity (Wildman–Crippen MR) is 95.8 cm³/mol. The first kappa shape index (κ1) is 18.4. The molecule has 2 heterocycles. The van der Waals surface area contributed by atoms with Crippen LogP contribution in [-0.4, -0.2) is 44.9 Å². The molecule has 0 bridgehead atoms. The van der Waals surface area contributed by atoms with Gasteiger partial charge in [0.25, 0.3) is 5.56 Å². The van der Waals surface area contributed by atoms with Crippen LogP contribution < -0.4 is 16.6 Å². The van der Waals surface area contributed by atoms with Gasteiger partial charge in [0.2, 0.25) is 11.8 Å². The average Bonchev–Trinajstić information content (AvgIpc) is 2.79. The van der Waals surface area contributed by atoms with Gasteiger partial charge in [0.15, 0.2) is 0 Å². The van der Waals surface area contributed by atoms with Gasteiger partial charge < -0.3 is 10.2 Å². The minimum atomic E-state index is -0.613. The van der Waals surface area contributed by atoms with Crippen LogP contribution in [0.4, 0.5) is 0 Å². The van der Waals surface area contributed by atoms with Crippen LogP contribution in [-0.2, 0) is 16.1 Å². The summed E-state index contributed by atoms with van der Waals surface area (Å²) in [6.45, 7) is 1.94. The lowest BCUT2D eigenvalue weighted by atomic mass is 10.1. The van der Waals surface area contributed by atoms with E-state index in [2.05, 4.69) is 10.3 Å². The van der Waals surface area contributed by atoms with Crippen molar-refractivity contribution >= 4 is 11.8 Å². The fraction of sp³-hybridized carbons (Fsp3) is 0.667. The van der Waals surface area contributed by atoms with Crippen molar-refractivity contribution in [3.8, 4) is 0 Å². The van der Waals surface area contributed by atoms with Crippen LogP contribution in [0.5, 0.6) is 0 Å². The number of aromatic nitrogens is 2. The van der Waals surface area contributed by atoms with Crippen molar-refractivity contribution in [1.82, 2.24) is 19.8 Å². The summed E-state index contributed by atoms with van der Waals surface area (Å²) in [5.74, 6) is -0.238. The third-order valence-electron chi connectivity index (χ3n) is 5.29. The molecular formula is C18H26N4O4. The average molecular weight is 362 g/mol. The Morgan fingerprint density at radius 2 is 1.88 bits per heavy atom. The second kappa shape index (κ2) is 7.88. The number of nitrogens with zero attached hydrogens (tertiary/aromatic N) is 2. The second-order valence-electron chi connectivity index (χ2n) is 7.36. The molecule has 26 heavy (non-hydrogen) atoms. The highest BCUT2D eigenvalue weighted by atomic mass is 16.2. The first-order chi connectivity index (χ1) is 12.4. The zero-order chi connectivity index (χ0) is 18.7. The highest BCUT2D eigenvalue weighted by Gasteiger charge is 2.35. The largest absolute Gasteiger partial charge is 0.350 e. The van der Waals surface area contributed by atoms with E-state index in [0.29, 0.717) is 18.5 Å². The van der Waals surface area contributed by atoms with Gasteiger partial charge in [-0.2, -0.15) is 0 Å². The molecule has 1 saturated heterocycles. The van der Waals surface area contributed by atoms with E-state index < -0.39 is 11.2 Å². The van der Waals surface area contributed by atoms with Crippen molar-refractivity contribution in [3.63, 3.8) is 0 Å². The van der Waals surface area contributed by atoms with Crippen molar-refractivity contribution < 1.29 is 9.59 Å². The molecule has 2 fully saturated rings. The smallest absolute Gasteiger partial charge is 0.328 e. The topological polar surface area (TPSA) is 104 Å². The Morgan fingerprint density at radius 3 is 2.58 bits per heavy atom. The normalized spacial score (nSPS) is 21.7. The van der Waals surface area contributed by atoms with E-state index in [1.807, 2.05) is 4.90 Å². The molecule has 3 rings (SSSR count). The summed E-state index contributed by atoms with van der Waals surface area (Å²) < 4.78 is 1.17. The number of amides is 2. The minimum Gasteiger partial charge on any atom is -0.350 e. The number of carbonyl (C=O) groups excluding carboxylic acids is 2. The second-order valence-corrected chi connectivity index (χ2v) is 7.36. The molecule has 1 atom stereocenters. The van der Waals surface area contributed by atoms with Gasteiger partial charge in [0, 0.05) is 30.8 Å². The lowest BCUT2D eigenvalue weighted by Gasteiger charge is -2.27. The molecule has 1 aliphatic heterocycles. The summed E-state index contributed by atoms with van der Waals surface area (Å²) in [6.07, 6.45) is 8.52. The zero-order valence-electron chi connectivity index (χ0n) is 15.1. The van der Waals surface area contributed by atoms with Crippen molar-refractivity contribution in [2.45, 2.75) is 70.5 Å². The SMILES string of the molecule is Cc1cn(CC(=O)NC2CC(=O)N(C3CCCCCC3)C2)c(=O)[nH]c1=O. The highest BCUT2D eigenvalue weighted by molar-refractivity contribution is 5.82. The predicted octanol–water partition coefficient (Wildman–Crippen LogP) is 0.285. The van der Waals surface area contributed by atoms with E-state index in [1.54, 1.807) is 6.92 Å². The van der Waals surface area contributed by atoms with Crippen molar-refractivity contribution in [1.29, 1.82) is 0 Å². The lowest BCUT2D eigenvalue weighted by molar-refractivity contribution is -0.129. The summed E-state index contributed by atoms with van der Waals surface area (Å²) in [7, 11) is 0. The van der Waals surface area contributed by atoms with Gasteiger partial charge in [-0.3, -0.25) is 23.9 Å². The van der Waals surface area contributed by atoms with Gasteiger partial charge >= 0.3 is 5.69 Å². The van der Waals surface area contributed by atoms with E-state index in [0.717, 1.165) is 25.7 Å². The lowest BCUT2D eigenvalue weighted by Crippen LogP contribution is -2.43. The summed E-state index contributed by atoms with van der Waals surface area (Å²) in [6, 6.07) is 0.0641. The Hall–Kier alpha value is -2.38.